The molecule has 0 aliphatic carbocycles. The largest absolute Gasteiger partial charge is 0.342 e. The van der Waals surface area contributed by atoms with E-state index >= 15 is 0 Å². The molecule has 0 aromatic heterocycles. The molecular formula is C15H20ClN3O. The predicted molar refractivity (Wildman–Crippen MR) is 80.4 cm³/mol. The van der Waals surface area contributed by atoms with Gasteiger partial charge in [-0.2, -0.15) is 5.26 Å². The molecule has 1 rings (SSSR count). The van der Waals surface area contributed by atoms with Gasteiger partial charge in [0.1, 0.15) is 0 Å². The van der Waals surface area contributed by atoms with Crippen LogP contribution in [0.25, 0.3) is 0 Å². The van der Waals surface area contributed by atoms with E-state index in [1.807, 2.05) is 31.9 Å². The third kappa shape index (κ3) is 4.52. The Morgan fingerprint density at radius 3 is 2.50 bits per heavy atom. The van der Waals surface area contributed by atoms with Gasteiger partial charge in [0.05, 0.1) is 18.2 Å². The summed E-state index contributed by atoms with van der Waals surface area (Å²) in [5.41, 5.74) is 1.46. The van der Waals surface area contributed by atoms with E-state index in [4.69, 9.17) is 16.9 Å². The predicted octanol–water partition coefficient (Wildman–Crippen LogP) is 2.51. The number of amides is 1. The molecule has 0 spiro atoms. The SMILES string of the molecule is CCN(CC)C(=O)CN(C)Cc1ccc(C#N)cc1Cl. The number of benzene rings is 1. The van der Waals surface area contributed by atoms with Crippen molar-refractivity contribution < 1.29 is 4.79 Å². The first-order valence-corrected chi connectivity index (χ1v) is 7.04. The summed E-state index contributed by atoms with van der Waals surface area (Å²) in [5, 5.41) is 9.36. The highest BCUT2D eigenvalue weighted by Crippen LogP contribution is 2.19. The van der Waals surface area contributed by atoms with Gasteiger partial charge in [-0.1, -0.05) is 17.7 Å². The lowest BCUT2D eigenvalue weighted by atomic mass is 10.1. The van der Waals surface area contributed by atoms with Gasteiger partial charge in [0, 0.05) is 24.7 Å². The van der Waals surface area contributed by atoms with E-state index in [9.17, 15) is 4.79 Å². The Balaban J connectivity index is 2.65. The Hall–Kier alpha value is -1.57. The highest BCUT2D eigenvalue weighted by Gasteiger charge is 2.13. The summed E-state index contributed by atoms with van der Waals surface area (Å²) < 4.78 is 0. The summed E-state index contributed by atoms with van der Waals surface area (Å²) >= 11 is 6.13. The lowest BCUT2D eigenvalue weighted by molar-refractivity contribution is -0.131. The Bertz CT molecular complexity index is 506. The van der Waals surface area contributed by atoms with Crippen molar-refractivity contribution in [3.05, 3.63) is 34.3 Å². The van der Waals surface area contributed by atoms with E-state index in [1.54, 1.807) is 17.0 Å². The number of halogens is 1. The number of nitrogens with zero attached hydrogens (tertiary/aromatic N) is 3. The number of hydrogen-bond donors (Lipinski definition) is 0. The second-order valence-electron chi connectivity index (χ2n) is 4.66. The quantitative estimate of drug-likeness (QED) is 0.810. The van der Waals surface area contributed by atoms with E-state index < -0.39 is 0 Å². The number of likely N-dealkylation sites (N-methyl/N-ethyl adjacent to an activating group) is 2. The second kappa shape index (κ2) is 7.88. The highest BCUT2D eigenvalue weighted by molar-refractivity contribution is 6.31. The molecule has 0 unspecified atom stereocenters. The lowest BCUT2D eigenvalue weighted by Crippen LogP contribution is -2.38. The molecule has 0 saturated heterocycles. The summed E-state index contributed by atoms with van der Waals surface area (Å²) in [4.78, 5) is 15.7. The van der Waals surface area contributed by atoms with Crippen LogP contribution in [0.5, 0.6) is 0 Å². The molecule has 1 aromatic rings. The van der Waals surface area contributed by atoms with Gasteiger partial charge in [-0.15, -0.1) is 0 Å². The average molecular weight is 294 g/mol. The van der Waals surface area contributed by atoms with E-state index in [1.165, 1.54) is 0 Å². The second-order valence-corrected chi connectivity index (χ2v) is 5.06. The minimum atomic E-state index is 0.113. The molecule has 108 valence electrons. The highest BCUT2D eigenvalue weighted by atomic mass is 35.5. The van der Waals surface area contributed by atoms with Gasteiger partial charge in [0.15, 0.2) is 0 Å². The first kappa shape index (κ1) is 16.5. The summed E-state index contributed by atoms with van der Waals surface area (Å²) in [7, 11) is 1.88. The van der Waals surface area contributed by atoms with Crippen molar-refractivity contribution in [2.24, 2.45) is 0 Å². The van der Waals surface area contributed by atoms with Crippen molar-refractivity contribution in [2.45, 2.75) is 20.4 Å². The molecule has 4 nitrogen and oxygen atoms in total. The van der Waals surface area contributed by atoms with Gasteiger partial charge < -0.3 is 4.90 Å². The summed E-state index contributed by atoms with van der Waals surface area (Å²) in [6.45, 7) is 6.33. The first-order chi connectivity index (χ1) is 9.51. The molecular weight excluding hydrogens is 274 g/mol. The van der Waals surface area contributed by atoms with Crippen LogP contribution in [0.15, 0.2) is 18.2 Å². The molecule has 0 aliphatic rings. The standard InChI is InChI=1S/C15H20ClN3O/c1-4-19(5-2)15(20)11-18(3)10-13-7-6-12(9-17)8-14(13)16/h6-8H,4-5,10-11H2,1-3H3. The molecule has 0 radical (unpaired) electrons. The summed E-state index contributed by atoms with van der Waals surface area (Å²) in [6.07, 6.45) is 0. The minimum absolute atomic E-state index is 0.113. The molecule has 0 atom stereocenters. The maximum atomic E-state index is 12.0. The molecule has 0 N–H and O–H groups in total. The monoisotopic (exact) mass is 293 g/mol. The third-order valence-corrected chi connectivity index (χ3v) is 3.50. The Kier molecular flexibility index (Phi) is 6.50. The molecule has 0 heterocycles. The molecule has 0 aliphatic heterocycles. The lowest BCUT2D eigenvalue weighted by Gasteiger charge is -2.23. The smallest absolute Gasteiger partial charge is 0.236 e. The normalized spacial score (nSPS) is 10.4. The number of nitriles is 1. The zero-order chi connectivity index (χ0) is 15.1. The zero-order valence-electron chi connectivity index (χ0n) is 12.2. The minimum Gasteiger partial charge on any atom is -0.342 e. The molecule has 0 bridgehead atoms. The van der Waals surface area contributed by atoms with Crippen LogP contribution >= 0.6 is 11.6 Å². The number of rotatable bonds is 6. The maximum absolute atomic E-state index is 12.0. The molecule has 1 amide bonds. The van der Waals surface area contributed by atoms with Gasteiger partial charge in [0.2, 0.25) is 5.91 Å². The molecule has 0 saturated carbocycles. The summed E-state index contributed by atoms with van der Waals surface area (Å²) in [5.74, 6) is 0.113. The number of carbonyl (C=O) groups excluding carboxylic acids is 1. The van der Waals surface area contributed by atoms with Gasteiger partial charge in [-0.25, -0.2) is 0 Å². The molecule has 1 aromatic carbocycles. The Labute approximate surface area is 125 Å². The van der Waals surface area contributed by atoms with Crippen molar-refractivity contribution in [1.82, 2.24) is 9.80 Å². The van der Waals surface area contributed by atoms with Crippen LogP contribution in [0, 0.1) is 11.3 Å². The van der Waals surface area contributed by atoms with Crippen LogP contribution in [-0.2, 0) is 11.3 Å². The van der Waals surface area contributed by atoms with Gasteiger partial charge in [-0.05, 0) is 38.6 Å². The topological polar surface area (TPSA) is 47.3 Å². The average Bonchev–Trinajstić information content (AvgIpc) is 2.42. The van der Waals surface area contributed by atoms with E-state index in [-0.39, 0.29) is 5.91 Å². The first-order valence-electron chi connectivity index (χ1n) is 6.66. The van der Waals surface area contributed by atoms with Crippen LogP contribution in [0.3, 0.4) is 0 Å². The Morgan fingerprint density at radius 1 is 1.35 bits per heavy atom. The fourth-order valence-electron chi connectivity index (χ4n) is 2.00. The zero-order valence-corrected chi connectivity index (χ0v) is 12.9. The van der Waals surface area contributed by atoms with Crippen LogP contribution in [0.1, 0.15) is 25.0 Å². The van der Waals surface area contributed by atoms with Crippen molar-refractivity contribution in [3.8, 4) is 6.07 Å². The fraction of sp³-hybridized carbons (Fsp3) is 0.467. The summed E-state index contributed by atoms with van der Waals surface area (Å²) in [6, 6.07) is 7.27. The molecule has 0 fully saturated rings. The fourth-order valence-corrected chi connectivity index (χ4v) is 2.24. The van der Waals surface area contributed by atoms with E-state index in [0.29, 0.717) is 23.7 Å². The van der Waals surface area contributed by atoms with Crippen LogP contribution in [-0.4, -0.2) is 42.4 Å². The maximum Gasteiger partial charge on any atom is 0.236 e. The van der Waals surface area contributed by atoms with Crippen molar-refractivity contribution in [1.29, 1.82) is 5.26 Å². The van der Waals surface area contributed by atoms with E-state index in [0.717, 1.165) is 18.7 Å². The van der Waals surface area contributed by atoms with Crippen molar-refractivity contribution in [2.75, 3.05) is 26.7 Å². The van der Waals surface area contributed by atoms with Gasteiger partial charge in [0.25, 0.3) is 0 Å². The Morgan fingerprint density at radius 2 is 2.00 bits per heavy atom. The van der Waals surface area contributed by atoms with Crippen LogP contribution in [0.4, 0.5) is 0 Å². The van der Waals surface area contributed by atoms with Crippen LogP contribution in [0.2, 0.25) is 5.02 Å². The van der Waals surface area contributed by atoms with Gasteiger partial charge in [-0.3, -0.25) is 9.69 Å². The van der Waals surface area contributed by atoms with E-state index in [2.05, 4.69) is 6.07 Å². The van der Waals surface area contributed by atoms with Crippen molar-refractivity contribution >= 4 is 17.5 Å². The van der Waals surface area contributed by atoms with Crippen LogP contribution < -0.4 is 0 Å². The van der Waals surface area contributed by atoms with Gasteiger partial charge >= 0.3 is 0 Å². The molecule has 20 heavy (non-hydrogen) atoms. The van der Waals surface area contributed by atoms with Crippen molar-refractivity contribution in [3.63, 3.8) is 0 Å². The number of carbonyl (C=O) groups is 1. The number of hydrogen-bond acceptors (Lipinski definition) is 3. The third-order valence-electron chi connectivity index (χ3n) is 3.14. The molecule has 5 heteroatoms.